The van der Waals surface area contributed by atoms with Gasteiger partial charge in [-0.2, -0.15) is 0 Å². The van der Waals surface area contributed by atoms with E-state index in [1.165, 1.54) is 11.1 Å². The van der Waals surface area contributed by atoms with Gasteiger partial charge < -0.3 is 4.74 Å². The Balaban J connectivity index is 2.57. The summed E-state index contributed by atoms with van der Waals surface area (Å²) in [6.07, 6.45) is 2.30. The minimum atomic E-state index is 0.856. The highest BCUT2D eigenvalue weighted by atomic mass is 79.9. The van der Waals surface area contributed by atoms with E-state index < -0.39 is 0 Å². The van der Waals surface area contributed by atoms with E-state index in [1.807, 2.05) is 0 Å². The van der Waals surface area contributed by atoms with Gasteiger partial charge in [-0.15, -0.1) is 0 Å². The molecule has 1 nitrogen and oxygen atoms in total. The van der Waals surface area contributed by atoms with Crippen molar-refractivity contribution in [3.05, 3.63) is 27.7 Å². The average molecular weight is 227 g/mol. The number of halogens is 1. The molecule has 0 fully saturated rings. The summed E-state index contributed by atoms with van der Waals surface area (Å²) in [6.45, 7) is 3.00. The Bertz CT molecular complexity index is 276. The third-order valence-corrected chi connectivity index (χ3v) is 2.89. The molecule has 0 radical (unpaired) electrons. The van der Waals surface area contributed by atoms with Crippen LogP contribution in [0.3, 0.4) is 0 Å². The van der Waals surface area contributed by atoms with Gasteiger partial charge in [0.25, 0.3) is 0 Å². The van der Waals surface area contributed by atoms with Crippen LogP contribution in [-0.4, -0.2) is 6.61 Å². The summed E-state index contributed by atoms with van der Waals surface area (Å²) in [5, 5.41) is 0. The second kappa shape index (κ2) is 3.09. The van der Waals surface area contributed by atoms with E-state index in [-0.39, 0.29) is 0 Å². The fourth-order valence-corrected chi connectivity index (χ4v) is 2.07. The first-order chi connectivity index (χ1) is 5.79. The Kier molecular flexibility index (Phi) is 2.09. The molecule has 64 valence electrons. The number of ether oxygens (including phenoxy) is 1. The highest BCUT2D eigenvalue weighted by molar-refractivity contribution is 9.10. The van der Waals surface area contributed by atoms with Crippen LogP contribution in [0.25, 0.3) is 0 Å². The normalized spacial score (nSPS) is 15.2. The molecule has 1 heterocycles. The molecule has 0 bridgehead atoms. The third-order valence-electron chi connectivity index (χ3n) is 2.26. The van der Waals surface area contributed by atoms with Gasteiger partial charge in [-0.25, -0.2) is 0 Å². The van der Waals surface area contributed by atoms with E-state index >= 15 is 0 Å². The fourth-order valence-electron chi connectivity index (χ4n) is 1.59. The van der Waals surface area contributed by atoms with Gasteiger partial charge in [0.1, 0.15) is 5.75 Å². The van der Waals surface area contributed by atoms with Gasteiger partial charge in [0.05, 0.1) is 11.1 Å². The van der Waals surface area contributed by atoms with Gasteiger partial charge in [-0.3, -0.25) is 0 Å². The zero-order valence-electron chi connectivity index (χ0n) is 7.06. The highest BCUT2D eigenvalue weighted by Gasteiger charge is 2.14. The van der Waals surface area contributed by atoms with Crippen LogP contribution in [0, 0.1) is 6.92 Å². The summed E-state index contributed by atoms with van der Waals surface area (Å²) < 4.78 is 6.67. The number of rotatable bonds is 0. The van der Waals surface area contributed by atoms with Crippen LogP contribution in [0.5, 0.6) is 5.75 Å². The van der Waals surface area contributed by atoms with Gasteiger partial charge in [0.15, 0.2) is 0 Å². The Labute approximate surface area is 80.9 Å². The molecule has 0 N–H and O–H groups in total. The number of hydrogen-bond donors (Lipinski definition) is 0. The molecule has 0 aliphatic carbocycles. The van der Waals surface area contributed by atoms with Crippen LogP contribution in [0.4, 0.5) is 0 Å². The van der Waals surface area contributed by atoms with Gasteiger partial charge in [0, 0.05) is 0 Å². The number of fused-ring (bicyclic) bond motifs is 1. The largest absolute Gasteiger partial charge is 0.492 e. The van der Waals surface area contributed by atoms with Crippen molar-refractivity contribution in [2.45, 2.75) is 19.8 Å². The number of hydrogen-bond acceptors (Lipinski definition) is 1. The average Bonchev–Trinajstić information content (AvgIpc) is 2.12. The SMILES string of the molecule is Cc1ccc(Br)c2c1CCCO2. The van der Waals surface area contributed by atoms with Crippen LogP contribution >= 0.6 is 15.9 Å². The lowest BCUT2D eigenvalue weighted by atomic mass is 10.0. The second-order valence-electron chi connectivity index (χ2n) is 3.12. The molecule has 0 saturated carbocycles. The van der Waals surface area contributed by atoms with Crippen molar-refractivity contribution < 1.29 is 4.74 Å². The molecule has 1 aromatic rings. The molecule has 0 spiro atoms. The van der Waals surface area contributed by atoms with Crippen LogP contribution in [-0.2, 0) is 6.42 Å². The fraction of sp³-hybridized carbons (Fsp3) is 0.400. The maximum Gasteiger partial charge on any atom is 0.136 e. The summed E-state index contributed by atoms with van der Waals surface area (Å²) in [7, 11) is 0. The third kappa shape index (κ3) is 1.24. The molecular formula is C10H11BrO. The van der Waals surface area contributed by atoms with Crippen molar-refractivity contribution in [3.8, 4) is 5.75 Å². The molecule has 12 heavy (non-hydrogen) atoms. The number of benzene rings is 1. The molecule has 0 atom stereocenters. The minimum absolute atomic E-state index is 0.856. The van der Waals surface area contributed by atoms with Gasteiger partial charge in [-0.05, 0) is 52.9 Å². The molecule has 1 aliphatic rings. The first-order valence-electron chi connectivity index (χ1n) is 4.20. The van der Waals surface area contributed by atoms with Crippen molar-refractivity contribution in [2.75, 3.05) is 6.61 Å². The Morgan fingerprint density at radius 2 is 2.25 bits per heavy atom. The summed E-state index contributed by atoms with van der Waals surface area (Å²) in [5.74, 6) is 1.06. The molecule has 1 aliphatic heterocycles. The first kappa shape index (κ1) is 8.11. The van der Waals surface area contributed by atoms with Crippen molar-refractivity contribution >= 4 is 15.9 Å². The van der Waals surface area contributed by atoms with Crippen molar-refractivity contribution in [1.29, 1.82) is 0 Å². The van der Waals surface area contributed by atoms with Crippen LogP contribution in [0.15, 0.2) is 16.6 Å². The Hall–Kier alpha value is -0.500. The van der Waals surface area contributed by atoms with Crippen LogP contribution in [0.2, 0.25) is 0 Å². The van der Waals surface area contributed by atoms with E-state index in [4.69, 9.17) is 4.74 Å². The smallest absolute Gasteiger partial charge is 0.136 e. The molecular weight excluding hydrogens is 216 g/mol. The summed E-state index contributed by atoms with van der Waals surface area (Å²) in [5.41, 5.74) is 2.71. The van der Waals surface area contributed by atoms with E-state index in [0.29, 0.717) is 0 Å². The Morgan fingerprint density at radius 1 is 1.42 bits per heavy atom. The van der Waals surface area contributed by atoms with Gasteiger partial charge in [0.2, 0.25) is 0 Å². The molecule has 1 aromatic carbocycles. The van der Waals surface area contributed by atoms with Crippen molar-refractivity contribution in [3.63, 3.8) is 0 Å². The lowest BCUT2D eigenvalue weighted by Gasteiger charge is -2.20. The molecule has 0 amide bonds. The van der Waals surface area contributed by atoms with Crippen molar-refractivity contribution in [1.82, 2.24) is 0 Å². The van der Waals surface area contributed by atoms with Crippen LogP contribution in [0.1, 0.15) is 17.5 Å². The minimum Gasteiger partial charge on any atom is -0.492 e. The number of aryl methyl sites for hydroxylation is 1. The second-order valence-corrected chi connectivity index (χ2v) is 3.98. The zero-order chi connectivity index (χ0) is 8.55. The molecule has 0 unspecified atom stereocenters. The standard InChI is InChI=1S/C10H11BrO/c1-7-4-5-9(11)10-8(7)3-2-6-12-10/h4-5H,2-3,6H2,1H3. The van der Waals surface area contributed by atoms with E-state index in [0.717, 1.165) is 29.7 Å². The maximum atomic E-state index is 5.59. The maximum absolute atomic E-state index is 5.59. The molecule has 2 heteroatoms. The molecule has 0 saturated heterocycles. The first-order valence-corrected chi connectivity index (χ1v) is 4.99. The summed E-state index contributed by atoms with van der Waals surface area (Å²) >= 11 is 3.49. The van der Waals surface area contributed by atoms with E-state index in [9.17, 15) is 0 Å². The van der Waals surface area contributed by atoms with Crippen LogP contribution < -0.4 is 4.74 Å². The van der Waals surface area contributed by atoms with Crippen molar-refractivity contribution in [2.24, 2.45) is 0 Å². The predicted octanol–water partition coefficient (Wildman–Crippen LogP) is 3.08. The van der Waals surface area contributed by atoms with E-state index in [2.05, 4.69) is 35.0 Å². The predicted molar refractivity (Wildman–Crippen MR) is 52.7 cm³/mol. The molecule has 2 rings (SSSR count). The molecule has 0 aromatic heterocycles. The highest BCUT2D eigenvalue weighted by Crippen LogP contribution is 2.34. The lowest BCUT2D eigenvalue weighted by Crippen LogP contribution is -2.09. The van der Waals surface area contributed by atoms with Gasteiger partial charge >= 0.3 is 0 Å². The lowest BCUT2D eigenvalue weighted by molar-refractivity contribution is 0.286. The van der Waals surface area contributed by atoms with Gasteiger partial charge in [-0.1, -0.05) is 6.07 Å². The Morgan fingerprint density at radius 3 is 3.00 bits per heavy atom. The van der Waals surface area contributed by atoms with E-state index in [1.54, 1.807) is 0 Å². The zero-order valence-corrected chi connectivity index (χ0v) is 8.65. The summed E-state index contributed by atoms with van der Waals surface area (Å²) in [4.78, 5) is 0. The topological polar surface area (TPSA) is 9.23 Å². The quantitative estimate of drug-likeness (QED) is 0.661. The summed E-state index contributed by atoms with van der Waals surface area (Å²) in [6, 6.07) is 4.19. The monoisotopic (exact) mass is 226 g/mol.